The van der Waals surface area contributed by atoms with Gasteiger partial charge in [-0.2, -0.15) is 0 Å². The Balaban J connectivity index is 2.21. The summed E-state index contributed by atoms with van der Waals surface area (Å²) in [6, 6.07) is 4.04. The van der Waals surface area contributed by atoms with Gasteiger partial charge in [-0.25, -0.2) is 0 Å². The van der Waals surface area contributed by atoms with E-state index >= 15 is 0 Å². The Morgan fingerprint density at radius 2 is 2.28 bits per heavy atom. The van der Waals surface area contributed by atoms with Gasteiger partial charge in [0.1, 0.15) is 5.69 Å². The van der Waals surface area contributed by atoms with Crippen molar-refractivity contribution in [2.75, 3.05) is 13.2 Å². The molecule has 0 saturated carbocycles. The van der Waals surface area contributed by atoms with Crippen molar-refractivity contribution in [3.05, 3.63) is 24.0 Å². The molecular formula is C14H22N2O2. The summed E-state index contributed by atoms with van der Waals surface area (Å²) in [5.41, 5.74) is 0.727. The van der Waals surface area contributed by atoms with Gasteiger partial charge in [-0.15, -0.1) is 0 Å². The number of aliphatic hydroxyl groups is 1. The molecule has 1 N–H and O–H groups in total. The number of carbonyl (C=O) groups is 1. The molecule has 1 saturated heterocycles. The summed E-state index contributed by atoms with van der Waals surface area (Å²) in [5.74, 6) is 0.0486. The van der Waals surface area contributed by atoms with E-state index in [1.54, 1.807) is 0 Å². The van der Waals surface area contributed by atoms with E-state index in [2.05, 4.69) is 13.8 Å². The van der Waals surface area contributed by atoms with Crippen LogP contribution in [0.25, 0.3) is 0 Å². The molecule has 1 aliphatic heterocycles. The highest BCUT2D eigenvalue weighted by Crippen LogP contribution is 2.21. The average Bonchev–Trinajstić information content (AvgIpc) is 2.87. The monoisotopic (exact) mass is 250 g/mol. The molecule has 0 aromatic carbocycles. The third kappa shape index (κ3) is 2.43. The number of aliphatic hydroxyl groups excluding tert-OH is 1. The van der Waals surface area contributed by atoms with Gasteiger partial charge in [0.15, 0.2) is 0 Å². The van der Waals surface area contributed by atoms with E-state index in [0.717, 1.165) is 31.5 Å². The smallest absolute Gasteiger partial charge is 0.270 e. The molecule has 0 bridgehead atoms. The van der Waals surface area contributed by atoms with Crippen LogP contribution in [0.5, 0.6) is 0 Å². The van der Waals surface area contributed by atoms with Gasteiger partial charge in [0, 0.05) is 18.8 Å². The molecular weight excluding hydrogens is 228 g/mol. The Kier molecular flexibility index (Phi) is 4.07. The lowest BCUT2D eigenvalue weighted by atomic mass is 10.0. The highest BCUT2D eigenvalue weighted by Gasteiger charge is 2.28. The number of aromatic nitrogens is 1. The quantitative estimate of drug-likeness (QED) is 0.892. The van der Waals surface area contributed by atoms with Crippen molar-refractivity contribution in [3.63, 3.8) is 0 Å². The van der Waals surface area contributed by atoms with Crippen LogP contribution < -0.4 is 0 Å². The molecule has 0 spiro atoms. The Labute approximate surface area is 108 Å². The van der Waals surface area contributed by atoms with E-state index in [-0.39, 0.29) is 24.6 Å². The Hall–Kier alpha value is -1.29. The molecule has 1 aliphatic rings. The van der Waals surface area contributed by atoms with E-state index in [1.165, 1.54) is 0 Å². The van der Waals surface area contributed by atoms with Crippen molar-refractivity contribution in [1.29, 1.82) is 0 Å². The number of nitrogens with zero attached hydrogens (tertiary/aromatic N) is 2. The van der Waals surface area contributed by atoms with Crippen LogP contribution in [0.2, 0.25) is 0 Å². The number of amides is 1. The molecule has 1 atom stereocenters. The van der Waals surface area contributed by atoms with Crippen LogP contribution in [-0.2, 0) is 0 Å². The maximum Gasteiger partial charge on any atom is 0.270 e. The second kappa shape index (κ2) is 5.57. The molecule has 1 unspecified atom stereocenters. The lowest BCUT2D eigenvalue weighted by molar-refractivity contribution is 0.0491. The van der Waals surface area contributed by atoms with Gasteiger partial charge in [0.2, 0.25) is 0 Å². The normalized spacial score (nSPS) is 20.4. The van der Waals surface area contributed by atoms with Gasteiger partial charge in [0.25, 0.3) is 5.91 Å². The zero-order chi connectivity index (χ0) is 13.1. The first-order chi connectivity index (χ1) is 8.65. The van der Waals surface area contributed by atoms with E-state index in [9.17, 15) is 9.90 Å². The number of carbonyl (C=O) groups excluding carboxylic acids is 1. The Morgan fingerprint density at radius 1 is 1.50 bits per heavy atom. The van der Waals surface area contributed by atoms with E-state index < -0.39 is 0 Å². The van der Waals surface area contributed by atoms with Crippen LogP contribution in [0.3, 0.4) is 0 Å². The zero-order valence-electron chi connectivity index (χ0n) is 11.2. The third-order valence-corrected chi connectivity index (χ3v) is 3.65. The minimum Gasteiger partial charge on any atom is -0.394 e. The predicted octanol–water partition coefficient (Wildman–Crippen LogP) is 2.06. The van der Waals surface area contributed by atoms with Crippen molar-refractivity contribution in [2.45, 2.75) is 45.2 Å². The van der Waals surface area contributed by atoms with Crippen molar-refractivity contribution in [2.24, 2.45) is 0 Å². The maximum atomic E-state index is 12.5. The van der Waals surface area contributed by atoms with Gasteiger partial charge in [-0.05, 0) is 45.2 Å². The minimum absolute atomic E-state index is 0.0123. The van der Waals surface area contributed by atoms with E-state index in [1.807, 2.05) is 27.8 Å². The Morgan fingerprint density at radius 3 is 2.94 bits per heavy atom. The molecule has 4 nitrogen and oxygen atoms in total. The molecule has 0 radical (unpaired) electrons. The highest BCUT2D eigenvalue weighted by atomic mass is 16.3. The first kappa shape index (κ1) is 13.1. The summed E-state index contributed by atoms with van der Waals surface area (Å²) in [6.07, 6.45) is 4.98. The molecule has 1 amide bonds. The lowest BCUT2D eigenvalue weighted by Crippen LogP contribution is -2.46. The van der Waals surface area contributed by atoms with Gasteiger partial charge in [-0.3, -0.25) is 4.79 Å². The average molecular weight is 250 g/mol. The third-order valence-electron chi connectivity index (χ3n) is 3.65. The van der Waals surface area contributed by atoms with Gasteiger partial charge < -0.3 is 14.6 Å². The fourth-order valence-electron chi connectivity index (χ4n) is 2.63. The summed E-state index contributed by atoms with van der Waals surface area (Å²) in [7, 11) is 0. The highest BCUT2D eigenvalue weighted by molar-refractivity contribution is 5.93. The first-order valence-electron chi connectivity index (χ1n) is 6.73. The predicted molar refractivity (Wildman–Crippen MR) is 70.6 cm³/mol. The number of likely N-dealkylation sites (tertiary alicyclic amines) is 1. The molecule has 1 aromatic heterocycles. The molecule has 18 heavy (non-hydrogen) atoms. The largest absolute Gasteiger partial charge is 0.394 e. The fourth-order valence-corrected chi connectivity index (χ4v) is 2.63. The summed E-state index contributed by atoms with van der Waals surface area (Å²) in [5, 5.41) is 9.39. The number of hydrogen-bond acceptors (Lipinski definition) is 2. The summed E-state index contributed by atoms with van der Waals surface area (Å²) >= 11 is 0. The first-order valence-corrected chi connectivity index (χ1v) is 6.73. The second-order valence-electron chi connectivity index (χ2n) is 5.23. The Bertz CT molecular complexity index is 412. The molecule has 2 rings (SSSR count). The lowest BCUT2D eigenvalue weighted by Gasteiger charge is -2.35. The number of hydrogen-bond donors (Lipinski definition) is 1. The van der Waals surface area contributed by atoms with E-state index in [4.69, 9.17) is 0 Å². The summed E-state index contributed by atoms with van der Waals surface area (Å²) < 4.78 is 1.99. The standard InChI is InChI=1S/C14H22N2O2/c1-11(2)15-9-5-7-13(15)14(18)16-8-4-3-6-12(16)10-17/h5,7,9,11-12,17H,3-4,6,8,10H2,1-2H3. The minimum atomic E-state index is -0.0123. The van der Waals surface area contributed by atoms with Crippen LogP contribution in [0.1, 0.15) is 49.6 Å². The second-order valence-corrected chi connectivity index (χ2v) is 5.23. The van der Waals surface area contributed by atoms with Crippen LogP contribution in [0, 0.1) is 0 Å². The molecule has 100 valence electrons. The fraction of sp³-hybridized carbons (Fsp3) is 0.643. The van der Waals surface area contributed by atoms with Crippen molar-refractivity contribution in [3.8, 4) is 0 Å². The van der Waals surface area contributed by atoms with E-state index in [0.29, 0.717) is 0 Å². The van der Waals surface area contributed by atoms with Gasteiger partial charge in [0.05, 0.1) is 12.6 Å². The molecule has 2 heterocycles. The number of piperidine rings is 1. The van der Waals surface area contributed by atoms with Crippen molar-refractivity contribution in [1.82, 2.24) is 9.47 Å². The summed E-state index contributed by atoms with van der Waals surface area (Å²) in [6.45, 7) is 4.95. The van der Waals surface area contributed by atoms with Crippen molar-refractivity contribution >= 4 is 5.91 Å². The number of rotatable bonds is 3. The van der Waals surface area contributed by atoms with Crippen molar-refractivity contribution < 1.29 is 9.90 Å². The molecule has 1 fully saturated rings. The molecule has 1 aromatic rings. The van der Waals surface area contributed by atoms with Crippen LogP contribution in [-0.4, -0.2) is 39.7 Å². The summed E-state index contributed by atoms with van der Waals surface area (Å²) in [4.78, 5) is 14.4. The van der Waals surface area contributed by atoms with Gasteiger partial charge in [-0.1, -0.05) is 0 Å². The maximum absolute atomic E-state index is 12.5. The van der Waals surface area contributed by atoms with Crippen LogP contribution in [0.4, 0.5) is 0 Å². The van der Waals surface area contributed by atoms with Gasteiger partial charge >= 0.3 is 0 Å². The van der Waals surface area contributed by atoms with Crippen LogP contribution in [0.15, 0.2) is 18.3 Å². The molecule has 0 aliphatic carbocycles. The zero-order valence-corrected chi connectivity index (χ0v) is 11.2. The van der Waals surface area contributed by atoms with Crippen LogP contribution >= 0.6 is 0 Å². The SMILES string of the molecule is CC(C)n1cccc1C(=O)N1CCCCC1CO. The topological polar surface area (TPSA) is 45.5 Å². The molecule has 4 heteroatoms.